The minimum Gasteiger partial charge on any atom is -0.446 e. The summed E-state index contributed by atoms with van der Waals surface area (Å²) in [6, 6.07) is 16.9. The van der Waals surface area contributed by atoms with Crippen molar-refractivity contribution in [3.05, 3.63) is 70.7 Å². The van der Waals surface area contributed by atoms with Crippen LogP contribution in [0, 0.1) is 5.92 Å². The highest BCUT2D eigenvalue weighted by molar-refractivity contribution is 6.30. The topological polar surface area (TPSA) is 55.8 Å². The first-order valence-electron chi connectivity index (χ1n) is 10.9. The zero-order chi connectivity index (χ0) is 22.0. The highest BCUT2D eigenvalue weighted by Crippen LogP contribution is 2.40. The fourth-order valence-corrected chi connectivity index (χ4v) is 5.08. The van der Waals surface area contributed by atoms with Crippen LogP contribution >= 0.6 is 11.6 Å². The van der Waals surface area contributed by atoms with E-state index in [-0.39, 0.29) is 49.0 Å². The summed E-state index contributed by atoms with van der Waals surface area (Å²) >= 11 is 6.11. The number of rotatable bonds is 5. The lowest BCUT2D eigenvalue weighted by molar-refractivity contribution is -0.130. The lowest BCUT2D eigenvalue weighted by atomic mass is 9.76. The van der Waals surface area contributed by atoms with Crippen LogP contribution in [0.4, 0.5) is 4.79 Å². The molecule has 2 fully saturated rings. The summed E-state index contributed by atoms with van der Waals surface area (Å²) in [6.07, 6.45) is 1.68. The standard InChI is InChI=1S/C25H28ClNO4/c1-16-12-20(13-17(2)31-16)22(18-8-10-21(26)11-9-18)14-24(28)27-23(15-30-25(27)29)19-6-4-3-5-7-19/h3-11,16-17,20,22-23H,12-15H2,1-2H3/t16-,17-,22+,23+/m1/s1. The number of hydrogen-bond donors (Lipinski definition) is 0. The molecule has 2 heterocycles. The molecule has 2 aromatic rings. The monoisotopic (exact) mass is 441 g/mol. The van der Waals surface area contributed by atoms with Crippen molar-refractivity contribution in [2.24, 2.45) is 5.92 Å². The normalized spacial score (nSPS) is 27.1. The number of carbonyl (C=O) groups excluding carboxylic acids is 2. The van der Waals surface area contributed by atoms with Gasteiger partial charge in [0.2, 0.25) is 5.91 Å². The van der Waals surface area contributed by atoms with Gasteiger partial charge >= 0.3 is 6.09 Å². The van der Waals surface area contributed by atoms with E-state index in [2.05, 4.69) is 13.8 Å². The van der Waals surface area contributed by atoms with E-state index >= 15 is 0 Å². The first-order valence-corrected chi connectivity index (χ1v) is 11.2. The number of nitrogens with zero attached hydrogens (tertiary/aromatic N) is 1. The van der Waals surface area contributed by atoms with Crippen LogP contribution in [0.25, 0.3) is 0 Å². The van der Waals surface area contributed by atoms with E-state index in [0.29, 0.717) is 5.02 Å². The molecular formula is C25H28ClNO4. The Morgan fingerprint density at radius 1 is 1.06 bits per heavy atom. The van der Waals surface area contributed by atoms with Gasteiger partial charge in [-0.2, -0.15) is 0 Å². The third-order valence-corrected chi connectivity index (χ3v) is 6.57. The van der Waals surface area contributed by atoms with Crippen LogP contribution in [-0.4, -0.2) is 35.7 Å². The molecule has 2 aliphatic rings. The molecule has 0 aromatic heterocycles. The summed E-state index contributed by atoms with van der Waals surface area (Å²) in [5, 5.41) is 0.662. The summed E-state index contributed by atoms with van der Waals surface area (Å²) in [5.41, 5.74) is 1.96. The van der Waals surface area contributed by atoms with Crippen LogP contribution in [0.5, 0.6) is 0 Å². The minimum absolute atomic E-state index is 0.0246. The maximum Gasteiger partial charge on any atom is 0.417 e. The first-order chi connectivity index (χ1) is 14.9. The fraction of sp³-hybridized carbons (Fsp3) is 0.440. The van der Waals surface area contributed by atoms with Crippen molar-refractivity contribution in [3.8, 4) is 0 Å². The molecule has 0 aliphatic carbocycles. The van der Waals surface area contributed by atoms with Gasteiger partial charge in [-0.15, -0.1) is 0 Å². The molecule has 6 heteroatoms. The smallest absolute Gasteiger partial charge is 0.417 e. The maximum absolute atomic E-state index is 13.5. The van der Waals surface area contributed by atoms with Gasteiger partial charge in [0, 0.05) is 11.4 Å². The zero-order valence-corrected chi connectivity index (χ0v) is 18.6. The van der Waals surface area contributed by atoms with E-state index in [9.17, 15) is 9.59 Å². The lowest BCUT2D eigenvalue weighted by Gasteiger charge is -2.37. The molecule has 0 spiro atoms. The van der Waals surface area contributed by atoms with Gasteiger partial charge in [0.25, 0.3) is 0 Å². The molecule has 4 atom stereocenters. The van der Waals surface area contributed by atoms with E-state index < -0.39 is 6.09 Å². The molecule has 2 amide bonds. The van der Waals surface area contributed by atoms with Crippen LogP contribution in [0.1, 0.15) is 56.2 Å². The molecule has 2 saturated heterocycles. The van der Waals surface area contributed by atoms with Gasteiger partial charge in [-0.25, -0.2) is 9.69 Å². The molecule has 4 rings (SSSR count). The third kappa shape index (κ3) is 4.94. The van der Waals surface area contributed by atoms with Crippen LogP contribution in [-0.2, 0) is 14.3 Å². The Labute approximate surface area is 188 Å². The van der Waals surface area contributed by atoms with Crippen molar-refractivity contribution >= 4 is 23.6 Å². The Balaban J connectivity index is 1.60. The van der Waals surface area contributed by atoms with Crippen molar-refractivity contribution in [1.82, 2.24) is 4.90 Å². The molecule has 164 valence electrons. The number of cyclic esters (lactones) is 1. The number of amides is 2. The highest BCUT2D eigenvalue weighted by Gasteiger charge is 2.41. The van der Waals surface area contributed by atoms with Gasteiger partial charge in [0.05, 0.1) is 12.2 Å². The average molecular weight is 442 g/mol. The molecular weight excluding hydrogens is 414 g/mol. The molecule has 31 heavy (non-hydrogen) atoms. The molecule has 0 N–H and O–H groups in total. The van der Waals surface area contributed by atoms with Gasteiger partial charge in [0.15, 0.2) is 0 Å². The lowest BCUT2D eigenvalue weighted by Crippen LogP contribution is -2.38. The van der Waals surface area contributed by atoms with Gasteiger partial charge < -0.3 is 9.47 Å². The molecule has 0 unspecified atom stereocenters. The van der Waals surface area contributed by atoms with E-state index in [4.69, 9.17) is 21.1 Å². The van der Waals surface area contributed by atoms with E-state index in [1.807, 2.05) is 54.6 Å². The Kier molecular flexibility index (Phi) is 6.63. The number of hydrogen-bond acceptors (Lipinski definition) is 4. The van der Waals surface area contributed by atoms with Crippen LogP contribution in [0.2, 0.25) is 5.02 Å². The minimum atomic E-state index is -0.567. The first kappa shape index (κ1) is 21.8. The van der Waals surface area contributed by atoms with Crippen molar-refractivity contribution in [2.75, 3.05) is 6.61 Å². The fourth-order valence-electron chi connectivity index (χ4n) is 4.96. The second-order valence-electron chi connectivity index (χ2n) is 8.62. The highest BCUT2D eigenvalue weighted by atomic mass is 35.5. The summed E-state index contributed by atoms with van der Waals surface area (Å²) in [4.78, 5) is 27.2. The quantitative estimate of drug-likeness (QED) is 0.593. The number of imide groups is 1. The average Bonchev–Trinajstić information content (AvgIpc) is 3.14. The number of ether oxygens (including phenoxy) is 2. The Morgan fingerprint density at radius 2 is 1.71 bits per heavy atom. The largest absolute Gasteiger partial charge is 0.446 e. The SMILES string of the molecule is C[C@@H]1CC([C@@H](CC(=O)N2C(=O)OC[C@H]2c2ccccc2)c2ccc(Cl)cc2)C[C@@H](C)O1. The van der Waals surface area contributed by atoms with Crippen molar-refractivity contribution in [2.45, 2.75) is 57.3 Å². The molecule has 0 saturated carbocycles. The van der Waals surface area contributed by atoms with Gasteiger partial charge in [-0.05, 0) is 61.8 Å². The van der Waals surface area contributed by atoms with E-state index in [0.717, 1.165) is 24.0 Å². The predicted octanol–water partition coefficient (Wildman–Crippen LogP) is 5.74. The molecule has 0 bridgehead atoms. The van der Waals surface area contributed by atoms with Crippen molar-refractivity contribution in [3.63, 3.8) is 0 Å². The Bertz CT molecular complexity index is 907. The summed E-state index contributed by atoms with van der Waals surface area (Å²) in [5.74, 6) is 0.0455. The van der Waals surface area contributed by atoms with E-state index in [1.54, 1.807) is 0 Å². The second kappa shape index (κ2) is 9.41. The van der Waals surface area contributed by atoms with Crippen LogP contribution < -0.4 is 0 Å². The maximum atomic E-state index is 13.5. The summed E-state index contributed by atoms with van der Waals surface area (Å²) in [7, 11) is 0. The van der Waals surface area contributed by atoms with Crippen molar-refractivity contribution < 1.29 is 19.1 Å². The van der Waals surface area contributed by atoms with Gasteiger partial charge in [-0.3, -0.25) is 4.79 Å². The molecule has 2 aromatic carbocycles. The molecule has 2 aliphatic heterocycles. The van der Waals surface area contributed by atoms with Crippen LogP contribution in [0.15, 0.2) is 54.6 Å². The summed E-state index contributed by atoms with van der Waals surface area (Å²) < 4.78 is 11.2. The Hall–Kier alpha value is -2.37. The number of benzene rings is 2. The number of carbonyl (C=O) groups is 2. The summed E-state index contributed by atoms with van der Waals surface area (Å²) in [6.45, 7) is 4.34. The molecule has 5 nitrogen and oxygen atoms in total. The zero-order valence-electron chi connectivity index (χ0n) is 17.9. The van der Waals surface area contributed by atoms with Crippen molar-refractivity contribution in [1.29, 1.82) is 0 Å². The third-order valence-electron chi connectivity index (χ3n) is 6.32. The predicted molar refractivity (Wildman–Crippen MR) is 119 cm³/mol. The van der Waals surface area contributed by atoms with Crippen LogP contribution in [0.3, 0.4) is 0 Å². The van der Waals surface area contributed by atoms with Gasteiger partial charge in [-0.1, -0.05) is 54.1 Å². The second-order valence-corrected chi connectivity index (χ2v) is 9.05. The Morgan fingerprint density at radius 3 is 2.35 bits per heavy atom. The van der Waals surface area contributed by atoms with Gasteiger partial charge in [0.1, 0.15) is 12.6 Å². The number of halogens is 1. The molecule has 0 radical (unpaired) electrons. The van der Waals surface area contributed by atoms with E-state index in [1.165, 1.54) is 4.90 Å².